The number of carbonyl (C=O) groups is 1. The Morgan fingerprint density at radius 2 is 1.72 bits per heavy atom. The molecule has 0 fully saturated rings. The fourth-order valence-electron chi connectivity index (χ4n) is 1.19. The van der Waals surface area contributed by atoms with Gasteiger partial charge in [-0.05, 0) is 6.42 Å². The monoisotopic (exact) mass is 286 g/mol. The van der Waals surface area contributed by atoms with E-state index in [0.29, 0.717) is 12.5 Å². The maximum atomic E-state index is 11.0. The molecular formula is C9H22O8Si. The number of ether oxygens (including phenoxy) is 1. The van der Waals surface area contributed by atoms with Crippen molar-refractivity contribution in [2.45, 2.75) is 18.6 Å². The van der Waals surface area contributed by atoms with Crippen LogP contribution in [0, 0.1) is 0 Å². The fraction of sp³-hybridized carbons (Fsp3) is 0.889. The topological polar surface area (TPSA) is 126 Å². The van der Waals surface area contributed by atoms with Crippen LogP contribution in [-0.2, 0) is 22.8 Å². The molecule has 0 aromatic carbocycles. The lowest BCUT2D eigenvalue weighted by atomic mass is 10.4. The van der Waals surface area contributed by atoms with Gasteiger partial charge in [-0.3, -0.25) is 0 Å². The fourth-order valence-corrected chi connectivity index (χ4v) is 2.88. The number of esters is 1. The molecule has 0 rings (SSSR count). The van der Waals surface area contributed by atoms with Gasteiger partial charge in [-0.15, -0.1) is 0 Å². The first-order valence-corrected chi connectivity index (χ1v) is 7.09. The minimum atomic E-state index is -2.63. The van der Waals surface area contributed by atoms with Crippen LogP contribution < -0.4 is 0 Å². The minimum Gasteiger partial charge on any atom is -0.464 e. The third kappa shape index (κ3) is 6.40. The van der Waals surface area contributed by atoms with Crippen molar-refractivity contribution >= 4 is 14.8 Å². The van der Waals surface area contributed by atoms with Crippen LogP contribution in [0.1, 0.15) is 6.42 Å². The highest BCUT2D eigenvalue weighted by Gasteiger charge is 2.37. The number of aliphatic hydroxyl groups is 2. The van der Waals surface area contributed by atoms with E-state index in [0.717, 1.165) is 0 Å². The number of aliphatic hydroxyl groups excluding tert-OH is 2. The van der Waals surface area contributed by atoms with Gasteiger partial charge in [0.1, 0.15) is 0 Å². The van der Waals surface area contributed by atoms with Crippen LogP contribution in [0.2, 0.25) is 6.04 Å². The van der Waals surface area contributed by atoms with Gasteiger partial charge in [0.15, 0.2) is 6.10 Å². The predicted molar refractivity (Wildman–Crippen MR) is 63.9 cm³/mol. The lowest BCUT2D eigenvalue weighted by Gasteiger charge is -2.24. The van der Waals surface area contributed by atoms with Crippen molar-refractivity contribution in [2.75, 3.05) is 34.5 Å². The number of hydrogen-bond donors (Lipinski definition) is 2. The van der Waals surface area contributed by atoms with Crippen molar-refractivity contribution in [3.8, 4) is 0 Å². The van der Waals surface area contributed by atoms with E-state index in [2.05, 4.69) is 0 Å². The second-order valence-electron chi connectivity index (χ2n) is 3.26. The van der Waals surface area contributed by atoms with Gasteiger partial charge in [0.25, 0.3) is 0 Å². The van der Waals surface area contributed by atoms with Gasteiger partial charge in [-0.25, -0.2) is 4.79 Å². The first-order chi connectivity index (χ1) is 8.05. The van der Waals surface area contributed by atoms with Crippen LogP contribution in [0.15, 0.2) is 0 Å². The van der Waals surface area contributed by atoms with E-state index in [1.807, 2.05) is 0 Å². The highest BCUT2D eigenvalue weighted by atomic mass is 28.4. The van der Waals surface area contributed by atoms with Gasteiger partial charge in [-0.1, -0.05) is 0 Å². The summed E-state index contributed by atoms with van der Waals surface area (Å²) in [4.78, 5) is 11.0. The van der Waals surface area contributed by atoms with Crippen molar-refractivity contribution < 1.29 is 38.5 Å². The maximum Gasteiger partial charge on any atom is 0.500 e. The van der Waals surface area contributed by atoms with Crippen LogP contribution in [0.5, 0.6) is 0 Å². The molecule has 0 amide bonds. The van der Waals surface area contributed by atoms with Gasteiger partial charge in [-0.2, -0.15) is 0 Å². The Morgan fingerprint density at radius 1 is 1.22 bits per heavy atom. The molecule has 1 unspecified atom stereocenters. The molecule has 0 spiro atoms. The summed E-state index contributed by atoms with van der Waals surface area (Å²) in [5.41, 5.74) is 0. The summed E-state index contributed by atoms with van der Waals surface area (Å²) in [6.07, 6.45) is -0.990. The van der Waals surface area contributed by atoms with Gasteiger partial charge in [0, 0.05) is 27.4 Å². The summed E-state index contributed by atoms with van der Waals surface area (Å²) in [5.74, 6) is -0.841. The summed E-state index contributed by atoms with van der Waals surface area (Å²) < 4.78 is 20.3. The van der Waals surface area contributed by atoms with Crippen molar-refractivity contribution in [1.29, 1.82) is 0 Å². The molecular weight excluding hydrogens is 264 g/mol. The summed E-state index contributed by atoms with van der Waals surface area (Å²) in [5, 5.41) is 17.4. The summed E-state index contributed by atoms with van der Waals surface area (Å²) in [6, 6.07) is 0.499. The molecule has 8 nitrogen and oxygen atoms in total. The Bertz CT molecular complexity index is 212. The molecule has 4 N–H and O–H groups in total. The summed E-state index contributed by atoms with van der Waals surface area (Å²) >= 11 is 0. The van der Waals surface area contributed by atoms with E-state index >= 15 is 0 Å². The second kappa shape index (κ2) is 10.4. The molecule has 0 aliphatic carbocycles. The number of carbonyl (C=O) groups excluding carboxylic acids is 1. The van der Waals surface area contributed by atoms with Crippen molar-refractivity contribution in [2.24, 2.45) is 0 Å². The molecule has 18 heavy (non-hydrogen) atoms. The van der Waals surface area contributed by atoms with Gasteiger partial charge in [0.2, 0.25) is 0 Å². The molecule has 0 heterocycles. The highest BCUT2D eigenvalue weighted by Crippen LogP contribution is 2.14. The molecule has 1 atom stereocenters. The van der Waals surface area contributed by atoms with Crippen LogP contribution >= 0.6 is 0 Å². The first-order valence-electron chi connectivity index (χ1n) is 5.16. The second-order valence-corrected chi connectivity index (χ2v) is 6.36. The molecule has 110 valence electrons. The Hall–Kier alpha value is -0.553. The van der Waals surface area contributed by atoms with E-state index in [1.165, 1.54) is 21.3 Å². The van der Waals surface area contributed by atoms with E-state index in [4.69, 9.17) is 28.2 Å². The zero-order chi connectivity index (χ0) is 13.3. The molecule has 0 saturated carbocycles. The molecule has 0 radical (unpaired) electrons. The zero-order valence-corrected chi connectivity index (χ0v) is 11.8. The Morgan fingerprint density at radius 3 is 2.11 bits per heavy atom. The maximum absolute atomic E-state index is 11.0. The third-order valence-electron chi connectivity index (χ3n) is 2.25. The Balaban J connectivity index is 0. The lowest BCUT2D eigenvalue weighted by molar-refractivity contribution is -0.155. The summed E-state index contributed by atoms with van der Waals surface area (Å²) in [7, 11) is 1.87. The van der Waals surface area contributed by atoms with Gasteiger partial charge >= 0.3 is 14.8 Å². The average molecular weight is 286 g/mol. The van der Waals surface area contributed by atoms with Crippen molar-refractivity contribution in [1.82, 2.24) is 0 Å². The number of hydrogen-bond acceptors (Lipinski definition) is 7. The van der Waals surface area contributed by atoms with Gasteiger partial charge in [0.05, 0.1) is 13.2 Å². The molecule has 0 aliphatic rings. The van der Waals surface area contributed by atoms with E-state index in [-0.39, 0.29) is 12.1 Å². The van der Waals surface area contributed by atoms with Crippen LogP contribution in [0.3, 0.4) is 0 Å². The molecule has 0 aromatic heterocycles. The largest absolute Gasteiger partial charge is 0.500 e. The van der Waals surface area contributed by atoms with Crippen LogP contribution in [-0.4, -0.2) is 71.1 Å². The number of rotatable bonds is 9. The predicted octanol–water partition coefficient (Wildman–Crippen LogP) is -1.67. The molecule has 0 aliphatic heterocycles. The van der Waals surface area contributed by atoms with Crippen LogP contribution in [0.25, 0.3) is 0 Å². The van der Waals surface area contributed by atoms with Crippen LogP contribution in [0.4, 0.5) is 0 Å². The van der Waals surface area contributed by atoms with E-state index < -0.39 is 27.5 Å². The molecule has 0 bridgehead atoms. The highest BCUT2D eigenvalue weighted by molar-refractivity contribution is 6.60. The normalized spacial score (nSPS) is 12.7. The standard InChI is InChI=1S/C9H20O7Si.H2O/c1-13-17(14-2,15-3)6-4-5-16-9(12)8(11)7-10;/h8,10-11H,4-7H2,1-3H3;1H2. The SMILES string of the molecule is CO[Si](CCCOC(=O)C(O)CO)(OC)OC.O. The quantitative estimate of drug-likeness (QED) is 0.295. The smallest absolute Gasteiger partial charge is 0.464 e. The van der Waals surface area contributed by atoms with E-state index in [9.17, 15) is 4.79 Å². The molecule has 9 heteroatoms. The summed E-state index contributed by atoms with van der Waals surface area (Å²) in [6.45, 7) is -0.535. The van der Waals surface area contributed by atoms with Gasteiger partial charge < -0.3 is 33.7 Å². The van der Waals surface area contributed by atoms with Crippen molar-refractivity contribution in [3.63, 3.8) is 0 Å². The van der Waals surface area contributed by atoms with Crippen molar-refractivity contribution in [3.05, 3.63) is 0 Å². The Labute approximate surface area is 107 Å². The Kier molecular flexibility index (Phi) is 11.4. The molecule has 0 saturated heterocycles. The third-order valence-corrected chi connectivity index (χ3v) is 5.08. The lowest BCUT2D eigenvalue weighted by Crippen LogP contribution is -2.42. The van der Waals surface area contributed by atoms with E-state index in [1.54, 1.807) is 0 Å². The zero-order valence-electron chi connectivity index (χ0n) is 10.8. The first kappa shape index (κ1) is 19.8. The molecule has 0 aromatic rings. The minimum absolute atomic E-state index is 0. The average Bonchev–Trinajstić information content (AvgIpc) is 2.38.